The number of nitrogens with zero attached hydrogens (tertiary/aromatic N) is 1. The highest BCUT2D eigenvalue weighted by atomic mass is 32.2. The summed E-state index contributed by atoms with van der Waals surface area (Å²) >= 11 is 0. The van der Waals surface area contributed by atoms with Crippen LogP contribution in [0.2, 0.25) is 0 Å². The zero-order valence-corrected chi connectivity index (χ0v) is 28.7. The minimum atomic E-state index is -4.12. The van der Waals surface area contributed by atoms with Crippen LogP contribution in [0.15, 0.2) is 29.2 Å². The molecule has 1 aromatic rings. The van der Waals surface area contributed by atoms with Gasteiger partial charge in [0.25, 0.3) is 10.0 Å². The maximum atomic E-state index is 13.1. The number of fused-ring (bicyclic) bond motifs is 1. The third kappa shape index (κ3) is 11.2. The van der Waals surface area contributed by atoms with E-state index in [1.165, 1.54) is 63.5 Å². The van der Waals surface area contributed by atoms with Crippen LogP contribution in [-0.2, 0) is 33.7 Å². The Kier molecular flexibility index (Phi) is 14.0. The van der Waals surface area contributed by atoms with E-state index in [9.17, 15) is 13.2 Å². The summed E-state index contributed by atoms with van der Waals surface area (Å²) in [5, 5.41) is 0. The van der Waals surface area contributed by atoms with E-state index >= 15 is 0 Å². The zero-order chi connectivity index (χ0) is 32.3. The molecule has 3 aliphatic rings. The normalized spacial score (nSPS) is 25.6. The highest BCUT2D eigenvalue weighted by molar-refractivity contribution is 7.90. The van der Waals surface area contributed by atoms with Gasteiger partial charge in [0.15, 0.2) is 12.1 Å². The van der Waals surface area contributed by atoms with Crippen molar-refractivity contribution in [3.8, 4) is 0 Å². The van der Waals surface area contributed by atoms with E-state index in [4.69, 9.17) is 23.7 Å². The van der Waals surface area contributed by atoms with Crippen LogP contribution in [-0.4, -0.2) is 82.1 Å². The number of piperidine rings is 1. The maximum absolute atomic E-state index is 13.1. The molecule has 3 saturated heterocycles. The van der Waals surface area contributed by atoms with Crippen molar-refractivity contribution >= 4 is 16.1 Å². The smallest absolute Gasteiger partial charge is 0.421 e. The number of unbranched alkanes of at least 4 members (excludes halogenated alkanes) is 9. The van der Waals surface area contributed by atoms with Crippen LogP contribution in [0.5, 0.6) is 0 Å². The Labute approximate surface area is 270 Å². The van der Waals surface area contributed by atoms with Gasteiger partial charge in [0.05, 0.1) is 4.90 Å². The van der Waals surface area contributed by atoms with Crippen molar-refractivity contribution in [1.29, 1.82) is 0 Å². The van der Waals surface area contributed by atoms with Crippen molar-refractivity contribution < 1.29 is 36.9 Å². The first kappa shape index (κ1) is 36.1. The lowest BCUT2D eigenvalue weighted by molar-refractivity contribution is -0.230. The second-order valence-corrected chi connectivity index (χ2v) is 15.0. The number of nitrogens with one attached hydrogen (secondary N) is 1. The predicted molar refractivity (Wildman–Crippen MR) is 172 cm³/mol. The molecule has 0 aromatic heterocycles. The molecule has 3 heterocycles. The molecule has 3 fully saturated rings. The summed E-state index contributed by atoms with van der Waals surface area (Å²) in [4.78, 5) is 15.4. The number of carbonyl (C=O) groups is 1. The number of benzene rings is 1. The highest BCUT2D eigenvalue weighted by Crippen LogP contribution is 2.40. The monoisotopic (exact) mass is 652 g/mol. The summed E-state index contributed by atoms with van der Waals surface area (Å²) in [6, 6.07) is 6.29. The zero-order valence-electron chi connectivity index (χ0n) is 27.8. The van der Waals surface area contributed by atoms with Crippen molar-refractivity contribution in [3.05, 3.63) is 29.8 Å². The van der Waals surface area contributed by atoms with Crippen LogP contribution in [0.1, 0.15) is 110 Å². The molecule has 1 aromatic carbocycles. The number of rotatable bonds is 18. The molecule has 3 aliphatic heterocycles. The number of sulfonamides is 1. The van der Waals surface area contributed by atoms with Gasteiger partial charge in [-0.25, -0.2) is 17.9 Å². The second-order valence-electron chi connectivity index (χ2n) is 13.3. The summed E-state index contributed by atoms with van der Waals surface area (Å²) in [5.41, 5.74) is 0.915. The van der Waals surface area contributed by atoms with Gasteiger partial charge in [-0.2, -0.15) is 0 Å². The van der Waals surface area contributed by atoms with Gasteiger partial charge in [-0.1, -0.05) is 88.8 Å². The molecule has 0 unspecified atom stereocenters. The SMILES string of the molecule is CCCCCCCCCCCCO[C@@H]1[C@H]2OC(C)(C)O[C@H]2O[C@@H]1[C@@H](CN1CCCCC1)OC(=O)NS(=O)(=O)c1ccc(C)cc1. The minimum Gasteiger partial charge on any atom is -0.441 e. The summed E-state index contributed by atoms with van der Waals surface area (Å²) in [6.45, 7) is 10.4. The number of carbonyl (C=O) groups excluding carboxylic acids is 1. The molecule has 0 saturated carbocycles. The van der Waals surface area contributed by atoms with Gasteiger partial charge < -0.3 is 23.7 Å². The second kappa shape index (κ2) is 17.4. The summed E-state index contributed by atoms with van der Waals surface area (Å²) in [7, 11) is -4.12. The summed E-state index contributed by atoms with van der Waals surface area (Å²) < 4.78 is 59.0. The number of hydrogen-bond donors (Lipinski definition) is 1. The van der Waals surface area contributed by atoms with Crippen LogP contribution in [0, 0.1) is 6.92 Å². The fraction of sp³-hybridized carbons (Fsp3) is 0.794. The van der Waals surface area contributed by atoms with Gasteiger partial charge in [0.2, 0.25) is 0 Å². The average molecular weight is 653 g/mol. The van der Waals surface area contributed by atoms with E-state index in [0.717, 1.165) is 50.8 Å². The Morgan fingerprint density at radius 2 is 1.58 bits per heavy atom. The molecule has 10 nitrogen and oxygen atoms in total. The molecule has 45 heavy (non-hydrogen) atoms. The van der Waals surface area contributed by atoms with Crippen LogP contribution in [0.25, 0.3) is 0 Å². The third-order valence-corrected chi connectivity index (χ3v) is 10.2. The van der Waals surface area contributed by atoms with Crippen molar-refractivity contribution in [2.45, 2.75) is 153 Å². The Hall–Kier alpha value is -1.76. The van der Waals surface area contributed by atoms with E-state index in [2.05, 4.69) is 16.5 Å². The summed E-state index contributed by atoms with van der Waals surface area (Å²) in [6.07, 6.45) is 11.3. The number of likely N-dealkylation sites (tertiary alicyclic amines) is 1. The Morgan fingerprint density at radius 1 is 0.956 bits per heavy atom. The number of amides is 1. The van der Waals surface area contributed by atoms with Gasteiger partial charge in [-0.15, -0.1) is 0 Å². The van der Waals surface area contributed by atoms with E-state index in [-0.39, 0.29) is 4.90 Å². The first-order chi connectivity index (χ1) is 21.6. The molecular weight excluding hydrogens is 596 g/mol. The molecule has 0 aliphatic carbocycles. The van der Waals surface area contributed by atoms with E-state index < -0.39 is 52.6 Å². The van der Waals surface area contributed by atoms with Crippen LogP contribution >= 0.6 is 0 Å². The first-order valence-electron chi connectivity index (χ1n) is 17.2. The molecule has 256 valence electrons. The highest BCUT2D eigenvalue weighted by Gasteiger charge is 2.58. The van der Waals surface area contributed by atoms with Crippen LogP contribution < -0.4 is 4.72 Å². The molecule has 11 heteroatoms. The van der Waals surface area contributed by atoms with Crippen LogP contribution in [0.3, 0.4) is 0 Å². The summed E-state index contributed by atoms with van der Waals surface area (Å²) in [5.74, 6) is -0.832. The molecule has 0 radical (unpaired) electrons. The predicted octanol–water partition coefficient (Wildman–Crippen LogP) is 6.45. The molecule has 1 amide bonds. The van der Waals surface area contributed by atoms with E-state index in [0.29, 0.717) is 13.2 Å². The maximum Gasteiger partial charge on any atom is 0.421 e. The quantitative estimate of drug-likeness (QED) is 0.179. The Bertz CT molecular complexity index is 1140. The molecule has 4 rings (SSSR count). The molecule has 0 spiro atoms. The number of hydrogen-bond acceptors (Lipinski definition) is 9. The van der Waals surface area contributed by atoms with Crippen molar-refractivity contribution in [2.24, 2.45) is 0 Å². The Morgan fingerprint density at radius 3 is 2.22 bits per heavy atom. The third-order valence-electron chi connectivity index (χ3n) is 8.90. The van der Waals surface area contributed by atoms with Crippen molar-refractivity contribution in [3.63, 3.8) is 0 Å². The lowest BCUT2D eigenvalue weighted by Gasteiger charge is -2.35. The topological polar surface area (TPSA) is 113 Å². The first-order valence-corrected chi connectivity index (χ1v) is 18.7. The van der Waals surface area contributed by atoms with Gasteiger partial charge in [0, 0.05) is 13.2 Å². The largest absolute Gasteiger partial charge is 0.441 e. The lowest BCUT2D eigenvalue weighted by atomic mass is 10.0. The number of aryl methyl sites for hydroxylation is 1. The van der Waals surface area contributed by atoms with Crippen molar-refractivity contribution in [1.82, 2.24) is 9.62 Å². The molecule has 1 N–H and O–H groups in total. The fourth-order valence-corrected chi connectivity index (χ4v) is 7.33. The van der Waals surface area contributed by atoms with E-state index in [1.807, 2.05) is 20.8 Å². The molecule has 5 atom stereocenters. The molecular formula is C34H56N2O8S. The fourth-order valence-electron chi connectivity index (χ4n) is 6.45. The van der Waals surface area contributed by atoms with E-state index in [1.54, 1.807) is 12.1 Å². The Balaban J connectivity index is 1.38. The van der Waals surface area contributed by atoms with Gasteiger partial charge in [-0.3, -0.25) is 4.90 Å². The molecule has 0 bridgehead atoms. The lowest BCUT2D eigenvalue weighted by Crippen LogP contribution is -2.51. The van der Waals surface area contributed by atoms with Crippen molar-refractivity contribution in [2.75, 3.05) is 26.2 Å². The number of ether oxygens (including phenoxy) is 5. The van der Waals surface area contributed by atoms with Crippen LogP contribution in [0.4, 0.5) is 4.79 Å². The van der Waals surface area contributed by atoms with Gasteiger partial charge in [-0.05, 0) is 65.3 Å². The minimum absolute atomic E-state index is 0.00832. The standard InChI is InChI=1S/C34H56N2O8S/c1-5-6-7-8-9-10-11-12-13-17-24-40-30-29(42-32-31(30)43-34(3,4)44-32)28(25-36-22-15-14-16-23-36)41-33(37)35-45(38,39)27-20-18-26(2)19-21-27/h18-21,28-32H,5-17,22-25H2,1-4H3,(H,35,37)/t28-,29-,30+,31-,32-/m1/s1. The van der Waals surface area contributed by atoms with Gasteiger partial charge >= 0.3 is 6.09 Å². The van der Waals surface area contributed by atoms with Gasteiger partial charge in [0.1, 0.15) is 24.4 Å². The average Bonchev–Trinajstić information content (AvgIpc) is 3.47.